The third-order valence-corrected chi connectivity index (χ3v) is 6.95. The van der Waals surface area contributed by atoms with Crippen LogP contribution >= 0.6 is 0 Å². The molecule has 0 aromatic carbocycles. The second kappa shape index (κ2) is 11.6. The van der Waals surface area contributed by atoms with Crippen molar-refractivity contribution in [2.75, 3.05) is 0 Å². The Kier molecular flexibility index (Phi) is 10.6. The van der Waals surface area contributed by atoms with Gasteiger partial charge in [-0.25, -0.2) is 0 Å². The molecule has 1 saturated heterocycles. The van der Waals surface area contributed by atoms with Gasteiger partial charge < -0.3 is 0 Å². The van der Waals surface area contributed by atoms with E-state index in [0.717, 1.165) is 17.7 Å². The van der Waals surface area contributed by atoms with Crippen LogP contribution in [0.1, 0.15) is 118 Å². The Balaban J connectivity index is 2.92. The van der Waals surface area contributed by atoms with Crippen LogP contribution < -0.4 is 0 Å². The summed E-state index contributed by atoms with van der Waals surface area (Å²) in [7, 11) is 1.55. The van der Waals surface area contributed by atoms with E-state index in [2.05, 4.69) is 34.6 Å². The molecule has 0 bridgehead atoms. The molecule has 0 spiro atoms. The van der Waals surface area contributed by atoms with Gasteiger partial charge in [-0.05, 0) is 11.8 Å². The highest BCUT2D eigenvalue weighted by Crippen LogP contribution is 2.53. The summed E-state index contributed by atoms with van der Waals surface area (Å²) in [6.45, 7) is 12.1. The largest absolute Gasteiger partial charge is 0.132 e. The molecule has 0 nitrogen and oxygen atoms in total. The fourth-order valence-electron chi connectivity index (χ4n) is 5.56. The minimum atomic E-state index is 0.674. The first kappa shape index (κ1) is 21.1. The summed E-state index contributed by atoms with van der Waals surface area (Å²) >= 11 is 0. The number of hydrogen-bond donors (Lipinski definition) is 0. The molecule has 3 unspecified atom stereocenters. The lowest BCUT2D eigenvalue weighted by molar-refractivity contribution is 0.301. The van der Waals surface area contributed by atoms with Crippen LogP contribution in [0.3, 0.4) is 0 Å². The summed E-state index contributed by atoms with van der Waals surface area (Å²) < 4.78 is 0. The Hall–Kier alpha value is 0.0649. The Morgan fingerprint density at radius 3 is 2.13 bits per heavy atom. The lowest BCUT2D eigenvalue weighted by Crippen LogP contribution is -2.32. The van der Waals surface area contributed by atoms with Gasteiger partial charge in [0.15, 0.2) is 0 Å². The second-order valence-electron chi connectivity index (χ2n) is 8.70. The molecule has 0 aromatic rings. The van der Waals surface area contributed by atoms with E-state index in [0.29, 0.717) is 5.31 Å². The van der Waals surface area contributed by atoms with E-state index < -0.39 is 0 Å². The highest BCUT2D eigenvalue weighted by atomic mass is 14.4. The van der Waals surface area contributed by atoms with Gasteiger partial charge in [-0.3, -0.25) is 0 Å². The molecule has 3 atom stereocenters. The maximum atomic E-state index is 2.59. The van der Waals surface area contributed by atoms with E-state index in [1.807, 2.05) is 0 Å². The van der Waals surface area contributed by atoms with E-state index in [1.54, 1.807) is 7.28 Å². The molecule has 1 heteroatoms. The molecule has 1 aliphatic heterocycles. The fraction of sp³-hybridized carbons (Fsp3) is 1.00. The lowest BCUT2D eigenvalue weighted by Gasteiger charge is -2.42. The van der Waals surface area contributed by atoms with E-state index in [4.69, 9.17) is 0 Å². The van der Waals surface area contributed by atoms with Crippen LogP contribution in [0.25, 0.3) is 0 Å². The van der Waals surface area contributed by atoms with Crippen molar-refractivity contribution in [2.45, 2.75) is 129 Å². The summed E-state index contributed by atoms with van der Waals surface area (Å²) in [5.41, 5.74) is 0. The molecule has 0 amide bonds. The van der Waals surface area contributed by atoms with Gasteiger partial charge in [0.2, 0.25) is 0 Å². The van der Waals surface area contributed by atoms with Gasteiger partial charge in [-0.1, -0.05) is 129 Å². The van der Waals surface area contributed by atoms with Crippen LogP contribution in [-0.4, -0.2) is 7.28 Å². The lowest BCUT2D eigenvalue weighted by atomic mass is 9.37. The molecule has 1 heterocycles. The van der Waals surface area contributed by atoms with Crippen LogP contribution in [0.2, 0.25) is 11.1 Å². The van der Waals surface area contributed by atoms with Crippen molar-refractivity contribution in [2.24, 2.45) is 11.8 Å². The third-order valence-electron chi connectivity index (χ3n) is 6.95. The van der Waals surface area contributed by atoms with E-state index in [9.17, 15) is 0 Å². The monoisotopic (exact) mass is 320 g/mol. The third kappa shape index (κ3) is 6.47. The fourth-order valence-corrected chi connectivity index (χ4v) is 5.56. The SMILES string of the molecule is CCCCC1(C(C)CCC)BC(C(CCC)CCC)CCCC1. The van der Waals surface area contributed by atoms with Crippen LogP contribution in [0.4, 0.5) is 0 Å². The predicted octanol–water partition coefficient (Wildman–Crippen LogP) is 7.79. The van der Waals surface area contributed by atoms with Crippen molar-refractivity contribution in [3.8, 4) is 0 Å². The van der Waals surface area contributed by atoms with Crippen molar-refractivity contribution < 1.29 is 0 Å². The Morgan fingerprint density at radius 1 is 0.913 bits per heavy atom. The van der Waals surface area contributed by atoms with Gasteiger partial charge in [0, 0.05) is 0 Å². The average Bonchev–Trinajstić information content (AvgIpc) is 2.76. The van der Waals surface area contributed by atoms with Gasteiger partial charge >= 0.3 is 0 Å². The van der Waals surface area contributed by atoms with Crippen molar-refractivity contribution in [1.82, 2.24) is 0 Å². The Morgan fingerprint density at radius 2 is 1.57 bits per heavy atom. The molecule has 0 aromatic heterocycles. The summed E-state index contributed by atoms with van der Waals surface area (Å²) in [5, 5.41) is 0.674. The quantitative estimate of drug-likeness (QED) is 0.341. The van der Waals surface area contributed by atoms with Gasteiger partial charge in [-0.2, -0.15) is 0 Å². The molecule has 23 heavy (non-hydrogen) atoms. The van der Waals surface area contributed by atoms with E-state index >= 15 is 0 Å². The zero-order chi connectivity index (χ0) is 17.1. The van der Waals surface area contributed by atoms with Crippen molar-refractivity contribution in [1.29, 1.82) is 0 Å². The molecule has 136 valence electrons. The maximum Gasteiger partial charge on any atom is 0.132 e. The Bertz CT molecular complexity index is 276. The van der Waals surface area contributed by atoms with Crippen molar-refractivity contribution >= 4 is 7.28 Å². The molecule has 1 rings (SSSR count). The van der Waals surface area contributed by atoms with E-state index in [1.165, 1.54) is 83.5 Å². The maximum absolute atomic E-state index is 2.59. The van der Waals surface area contributed by atoms with Crippen LogP contribution in [0.15, 0.2) is 0 Å². The summed E-state index contributed by atoms with van der Waals surface area (Å²) in [6.07, 6.45) is 18.9. The van der Waals surface area contributed by atoms with Crippen LogP contribution in [0, 0.1) is 11.8 Å². The molecule has 0 saturated carbocycles. The number of rotatable bonds is 11. The van der Waals surface area contributed by atoms with Crippen LogP contribution in [-0.2, 0) is 0 Å². The smallest absolute Gasteiger partial charge is 0.0654 e. The topological polar surface area (TPSA) is 0 Å². The molecular formula is C22H45B. The normalized spacial score (nSPS) is 26.8. The first-order valence-electron chi connectivity index (χ1n) is 11.1. The second-order valence-corrected chi connectivity index (χ2v) is 8.70. The first-order chi connectivity index (χ1) is 11.1. The minimum Gasteiger partial charge on any atom is -0.0654 e. The summed E-state index contributed by atoms with van der Waals surface area (Å²) in [4.78, 5) is 0. The highest BCUT2D eigenvalue weighted by molar-refractivity contribution is 6.42. The first-order valence-corrected chi connectivity index (χ1v) is 11.1. The average molecular weight is 320 g/mol. The van der Waals surface area contributed by atoms with Crippen molar-refractivity contribution in [3.05, 3.63) is 0 Å². The van der Waals surface area contributed by atoms with E-state index in [-0.39, 0.29) is 0 Å². The highest BCUT2D eigenvalue weighted by Gasteiger charge is 2.40. The van der Waals surface area contributed by atoms with Crippen LogP contribution in [0.5, 0.6) is 0 Å². The molecule has 0 N–H and O–H groups in total. The summed E-state index contributed by atoms with van der Waals surface area (Å²) in [6, 6.07) is 0. The standard InChI is InChI=1S/C22H45B/c1-6-10-17-22(19(5)13-7-2)18-12-11-16-21(23-22)20(14-8-3)15-9-4/h19-21,23H,6-18H2,1-5H3. The molecule has 1 fully saturated rings. The van der Waals surface area contributed by atoms with Gasteiger partial charge in [0.25, 0.3) is 0 Å². The minimum absolute atomic E-state index is 0.674. The summed E-state index contributed by atoms with van der Waals surface area (Å²) in [5.74, 6) is 2.97. The predicted molar refractivity (Wildman–Crippen MR) is 109 cm³/mol. The molecule has 0 aliphatic carbocycles. The molecule has 1 aliphatic rings. The molecule has 0 radical (unpaired) electrons. The Labute approximate surface area is 148 Å². The number of hydrogen-bond acceptors (Lipinski definition) is 0. The zero-order valence-electron chi connectivity index (χ0n) is 17.1. The van der Waals surface area contributed by atoms with Gasteiger partial charge in [-0.15, -0.1) is 0 Å². The number of unbranched alkanes of at least 4 members (excludes halogenated alkanes) is 1. The van der Waals surface area contributed by atoms with Crippen molar-refractivity contribution in [3.63, 3.8) is 0 Å². The zero-order valence-corrected chi connectivity index (χ0v) is 17.1. The van der Waals surface area contributed by atoms with Gasteiger partial charge in [0.1, 0.15) is 7.28 Å². The molecular weight excluding hydrogens is 275 g/mol. The van der Waals surface area contributed by atoms with Gasteiger partial charge in [0.05, 0.1) is 0 Å².